The Balaban J connectivity index is 1.55. The minimum Gasteiger partial charge on any atom is -0.490 e. The van der Waals surface area contributed by atoms with Gasteiger partial charge < -0.3 is 19.5 Å². The molecule has 2 aliphatic rings. The third kappa shape index (κ3) is 5.32. The van der Waals surface area contributed by atoms with Crippen LogP contribution in [0.5, 0.6) is 5.75 Å². The maximum atomic E-state index is 12.5. The molecule has 0 bridgehead atoms. The second kappa shape index (κ2) is 10.4. The highest BCUT2D eigenvalue weighted by molar-refractivity contribution is 7.23. The van der Waals surface area contributed by atoms with Crippen molar-refractivity contribution >= 4 is 61.8 Å². The lowest BCUT2D eigenvalue weighted by atomic mass is 9.97. The standard InChI is InChI=1S/C27H26Cl2N4O5S/c1-27(2,3)38-25(34)31-24-17(10-30)20-16(5-4-6-19(20)39-24)21-18(28)9-14-11-32-7-8-33(26(35)36)12-15(32)13-37-23(14)22(21)29/h4-6,9,15H,7-8,11-13H2,1-3H3,(H,31,34)(H,35,36)/t15-/m0/s1. The number of fused-ring (bicyclic) bond motifs is 3. The van der Waals surface area contributed by atoms with Gasteiger partial charge in [-0.3, -0.25) is 10.2 Å². The lowest BCUT2D eigenvalue weighted by Gasteiger charge is -2.38. The van der Waals surface area contributed by atoms with Crippen LogP contribution in [0, 0.1) is 11.3 Å². The molecule has 0 aliphatic carbocycles. The van der Waals surface area contributed by atoms with E-state index in [1.807, 2.05) is 24.3 Å². The van der Waals surface area contributed by atoms with E-state index in [0.717, 1.165) is 10.3 Å². The van der Waals surface area contributed by atoms with Gasteiger partial charge in [0.1, 0.15) is 29.0 Å². The molecular formula is C27H26Cl2N4O5S. The number of nitrogens with zero attached hydrogens (tertiary/aromatic N) is 3. The molecule has 2 aliphatic heterocycles. The Labute approximate surface area is 239 Å². The smallest absolute Gasteiger partial charge is 0.412 e. The molecule has 0 saturated carbocycles. The van der Waals surface area contributed by atoms with E-state index in [2.05, 4.69) is 16.3 Å². The number of halogens is 2. The normalized spacial score (nSPS) is 17.4. The van der Waals surface area contributed by atoms with Crippen LogP contribution in [0.2, 0.25) is 10.0 Å². The minimum atomic E-state index is -0.947. The van der Waals surface area contributed by atoms with E-state index in [1.165, 1.54) is 16.2 Å². The van der Waals surface area contributed by atoms with E-state index >= 15 is 0 Å². The zero-order chi connectivity index (χ0) is 28.1. The Morgan fingerprint density at radius 3 is 2.74 bits per heavy atom. The number of carbonyl (C=O) groups is 2. The summed E-state index contributed by atoms with van der Waals surface area (Å²) in [6, 6.07) is 9.45. The van der Waals surface area contributed by atoms with Gasteiger partial charge in [0.25, 0.3) is 0 Å². The number of carbonyl (C=O) groups excluding carboxylic acids is 1. The molecule has 204 valence electrons. The summed E-state index contributed by atoms with van der Waals surface area (Å²) in [5, 5.41) is 23.9. The van der Waals surface area contributed by atoms with Gasteiger partial charge >= 0.3 is 12.2 Å². The van der Waals surface area contributed by atoms with Gasteiger partial charge in [-0.25, -0.2) is 9.59 Å². The van der Waals surface area contributed by atoms with Crippen molar-refractivity contribution < 1.29 is 24.2 Å². The number of piperazine rings is 1. The predicted octanol–water partition coefficient (Wildman–Crippen LogP) is 6.65. The number of carboxylic acid groups (broad SMARTS) is 1. The molecule has 1 saturated heterocycles. The third-order valence-electron chi connectivity index (χ3n) is 6.63. The molecule has 2 aromatic carbocycles. The maximum absolute atomic E-state index is 12.5. The Morgan fingerprint density at radius 2 is 2.05 bits per heavy atom. The summed E-state index contributed by atoms with van der Waals surface area (Å²) in [7, 11) is 0. The van der Waals surface area contributed by atoms with E-state index in [9.17, 15) is 20.0 Å². The van der Waals surface area contributed by atoms with Crippen molar-refractivity contribution in [2.45, 2.75) is 39.0 Å². The van der Waals surface area contributed by atoms with Crippen molar-refractivity contribution in [3.8, 4) is 22.9 Å². The van der Waals surface area contributed by atoms with Crippen LogP contribution < -0.4 is 10.1 Å². The van der Waals surface area contributed by atoms with Crippen molar-refractivity contribution in [2.24, 2.45) is 0 Å². The summed E-state index contributed by atoms with van der Waals surface area (Å²) in [5.74, 6) is 0.491. The van der Waals surface area contributed by atoms with Crippen LogP contribution >= 0.6 is 34.5 Å². The first-order chi connectivity index (χ1) is 18.5. The van der Waals surface area contributed by atoms with Gasteiger partial charge in [-0.15, -0.1) is 11.3 Å². The third-order valence-corrected chi connectivity index (χ3v) is 8.36. The summed E-state index contributed by atoms with van der Waals surface area (Å²) in [5.41, 5.74) is 1.56. The summed E-state index contributed by atoms with van der Waals surface area (Å²) in [6.45, 7) is 7.41. The second-order valence-electron chi connectivity index (χ2n) is 10.4. The predicted molar refractivity (Wildman–Crippen MR) is 151 cm³/mol. The number of anilines is 1. The second-order valence-corrected chi connectivity index (χ2v) is 12.3. The van der Waals surface area contributed by atoms with Gasteiger partial charge in [0.2, 0.25) is 0 Å². The number of benzene rings is 2. The van der Waals surface area contributed by atoms with Gasteiger partial charge in [-0.2, -0.15) is 5.26 Å². The SMILES string of the molecule is CC(C)(C)OC(=O)Nc1sc2cccc(-c3c(Cl)cc4c(c3Cl)OC[C@@H]3CN(C(=O)O)CCN3C4)c2c1C#N. The fourth-order valence-electron chi connectivity index (χ4n) is 4.95. The number of ether oxygens (including phenoxy) is 2. The number of nitrogens with one attached hydrogen (secondary N) is 1. The zero-order valence-corrected chi connectivity index (χ0v) is 23.8. The van der Waals surface area contributed by atoms with E-state index in [1.54, 1.807) is 20.8 Å². The van der Waals surface area contributed by atoms with Crippen LogP contribution in [0.25, 0.3) is 21.2 Å². The lowest BCUT2D eigenvalue weighted by Crippen LogP contribution is -2.55. The first-order valence-corrected chi connectivity index (χ1v) is 13.9. The van der Waals surface area contributed by atoms with E-state index in [-0.39, 0.29) is 18.2 Å². The molecular weight excluding hydrogens is 563 g/mol. The van der Waals surface area contributed by atoms with Crippen LogP contribution in [-0.4, -0.2) is 65.0 Å². The molecule has 1 atom stereocenters. The van der Waals surface area contributed by atoms with Gasteiger partial charge in [-0.05, 0) is 38.5 Å². The first-order valence-electron chi connectivity index (χ1n) is 12.3. The molecule has 2 amide bonds. The number of rotatable bonds is 2. The lowest BCUT2D eigenvalue weighted by molar-refractivity contribution is 0.0503. The van der Waals surface area contributed by atoms with Crippen molar-refractivity contribution in [3.63, 3.8) is 0 Å². The van der Waals surface area contributed by atoms with Crippen molar-refractivity contribution in [3.05, 3.63) is 45.4 Å². The molecule has 0 unspecified atom stereocenters. The van der Waals surface area contributed by atoms with E-state index in [4.69, 9.17) is 32.7 Å². The highest BCUT2D eigenvalue weighted by Crippen LogP contribution is 2.49. The molecule has 1 aromatic heterocycles. The summed E-state index contributed by atoms with van der Waals surface area (Å²) < 4.78 is 12.3. The fraction of sp³-hybridized carbons (Fsp3) is 0.370. The van der Waals surface area contributed by atoms with Gasteiger partial charge in [-0.1, -0.05) is 35.3 Å². The molecule has 3 heterocycles. The van der Waals surface area contributed by atoms with Gasteiger partial charge in [0, 0.05) is 47.4 Å². The summed E-state index contributed by atoms with van der Waals surface area (Å²) in [4.78, 5) is 27.5. The highest BCUT2D eigenvalue weighted by Gasteiger charge is 2.34. The molecule has 5 rings (SSSR count). The first kappa shape index (κ1) is 27.3. The van der Waals surface area contributed by atoms with Crippen molar-refractivity contribution in [1.82, 2.24) is 9.80 Å². The Kier molecular flexibility index (Phi) is 7.29. The molecule has 12 heteroatoms. The Bertz CT molecular complexity index is 1530. The molecule has 1 fully saturated rings. The van der Waals surface area contributed by atoms with Crippen molar-refractivity contribution in [2.75, 3.05) is 31.6 Å². The Hall–Kier alpha value is -3.23. The fourth-order valence-corrected chi connectivity index (χ4v) is 6.77. The van der Waals surface area contributed by atoms with Crippen LogP contribution in [0.3, 0.4) is 0 Å². The molecule has 39 heavy (non-hydrogen) atoms. The maximum Gasteiger partial charge on any atom is 0.412 e. The largest absolute Gasteiger partial charge is 0.490 e. The quantitative estimate of drug-likeness (QED) is 0.344. The van der Waals surface area contributed by atoms with E-state index < -0.39 is 17.8 Å². The topological polar surface area (TPSA) is 115 Å². The number of hydrogen-bond acceptors (Lipinski definition) is 7. The zero-order valence-electron chi connectivity index (χ0n) is 21.5. The van der Waals surface area contributed by atoms with Crippen LogP contribution in [0.15, 0.2) is 24.3 Å². The van der Waals surface area contributed by atoms with Crippen LogP contribution in [0.4, 0.5) is 14.6 Å². The molecule has 0 radical (unpaired) electrons. The van der Waals surface area contributed by atoms with Crippen LogP contribution in [-0.2, 0) is 11.3 Å². The van der Waals surface area contributed by atoms with Crippen molar-refractivity contribution in [1.29, 1.82) is 5.26 Å². The summed E-state index contributed by atoms with van der Waals surface area (Å²) in [6.07, 6.45) is -1.60. The van der Waals surface area contributed by atoms with Gasteiger partial charge in [0.15, 0.2) is 0 Å². The molecule has 3 aromatic rings. The number of thiophene rings is 1. The number of amides is 2. The average molecular weight is 590 g/mol. The van der Waals surface area contributed by atoms with Crippen LogP contribution in [0.1, 0.15) is 31.9 Å². The molecule has 9 nitrogen and oxygen atoms in total. The summed E-state index contributed by atoms with van der Waals surface area (Å²) >= 11 is 15.1. The number of nitriles is 1. The van der Waals surface area contributed by atoms with E-state index in [0.29, 0.717) is 63.5 Å². The highest BCUT2D eigenvalue weighted by atomic mass is 35.5. The molecule has 2 N–H and O–H groups in total. The monoisotopic (exact) mass is 588 g/mol. The average Bonchev–Trinajstić information content (AvgIpc) is 3.09. The number of hydrogen-bond donors (Lipinski definition) is 2. The van der Waals surface area contributed by atoms with Gasteiger partial charge in [0.05, 0.1) is 21.7 Å². The Morgan fingerprint density at radius 1 is 1.28 bits per heavy atom. The minimum absolute atomic E-state index is 0.118. The molecule has 0 spiro atoms.